The number of hydrogen-bond acceptors (Lipinski definition) is 3. The lowest BCUT2D eigenvalue weighted by Gasteiger charge is -1.96. The Morgan fingerprint density at radius 3 is 2.85 bits per heavy atom. The molecule has 0 saturated carbocycles. The first kappa shape index (κ1) is 10.0. The van der Waals surface area contributed by atoms with E-state index < -0.39 is 5.97 Å². The molecule has 5 nitrogen and oxygen atoms in total. The third kappa shape index (κ3) is 2.00. The van der Waals surface area contributed by atoms with Crippen molar-refractivity contribution in [2.75, 3.05) is 7.11 Å². The average Bonchev–Trinajstić information content (AvgIpc) is 2.31. The quantitative estimate of drug-likeness (QED) is 0.861. The van der Waals surface area contributed by atoms with E-state index in [9.17, 15) is 4.79 Å². The van der Waals surface area contributed by atoms with Gasteiger partial charge in [0.1, 0.15) is 4.60 Å². The highest BCUT2D eigenvalue weighted by atomic mass is 79.9. The van der Waals surface area contributed by atoms with E-state index in [-0.39, 0.29) is 6.42 Å². The van der Waals surface area contributed by atoms with Crippen LogP contribution in [0.2, 0.25) is 0 Å². The maximum atomic E-state index is 10.5. The summed E-state index contributed by atoms with van der Waals surface area (Å²) in [6.45, 7) is 0. The molecule has 1 heterocycles. The molecular formula is C7H9BrN2O3. The van der Waals surface area contributed by atoms with Crippen molar-refractivity contribution in [3.63, 3.8) is 0 Å². The first-order valence-corrected chi connectivity index (χ1v) is 4.32. The Bertz CT molecular complexity index is 335. The predicted molar refractivity (Wildman–Crippen MR) is 48.8 cm³/mol. The van der Waals surface area contributed by atoms with Gasteiger partial charge in [0.25, 0.3) is 0 Å². The Hall–Kier alpha value is -1.04. The molecule has 0 atom stereocenters. The van der Waals surface area contributed by atoms with Gasteiger partial charge in [-0.15, -0.1) is 5.10 Å². The van der Waals surface area contributed by atoms with Crippen LogP contribution in [0.5, 0.6) is 5.88 Å². The molecule has 0 aliphatic rings. The molecule has 0 bridgehead atoms. The molecule has 0 unspecified atom stereocenters. The summed E-state index contributed by atoms with van der Waals surface area (Å²) < 4.78 is 7.08. The van der Waals surface area contributed by atoms with Crippen molar-refractivity contribution >= 4 is 21.9 Å². The third-order valence-corrected chi connectivity index (χ3v) is 2.55. The van der Waals surface area contributed by atoms with Gasteiger partial charge in [-0.25, -0.2) is 0 Å². The van der Waals surface area contributed by atoms with Crippen LogP contribution < -0.4 is 4.74 Å². The second-order valence-electron chi connectivity index (χ2n) is 2.47. The lowest BCUT2D eigenvalue weighted by Crippen LogP contribution is -2.01. The maximum Gasteiger partial charge on any atom is 0.308 e. The van der Waals surface area contributed by atoms with Crippen LogP contribution in [0, 0.1) is 0 Å². The van der Waals surface area contributed by atoms with Gasteiger partial charge in [-0.05, 0) is 15.9 Å². The van der Waals surface area contributed by atoms with Crippen LogP contribution in [0.3, 0.4) is 0 Å². The molecule has 0 aromatic carbocycles. The minimum Gasteiger partial charge on any atom is -0.481 e. The number of ether oxygens (including phenoxy) is 1. The van der Waals surface area contributed by atoms with Gasteiger partial charge in [-0.3, -0.25) is 9.48 Å². The maximum absolute atomic E-state index is 10.5. The standard InChI is InChI=1S/C7H9BrN2O3/c1-10-6(8)4(3-5(11)12)7(9-10)13-2/h3H2,1-2H3,(H,11,12). The summed E-state index contributed by atoms with van der Waals surface area (Å²) in [7, 11) is 3.16. The lowest BCUT2D eigenvalue weighted by atomic mass is 10.2. The molecule has 1 rings (SSSR count). The summed E-state index contributed by atoms with van der Waals surface area (Å²) in [6.07, 6.45) is -0.0996. The molecule has 0 saturated heterocycles. The van der Waals surface area contributed by atoms with Crippen molar-refractivity contribution in [1.29, 1.82) is 0 Å². The molecule has 0 amide bonds. The summed E-state index contributed by atoms with van der Waals surface area (Å²) >= 11 is 3.23. The minimum atomic E-state index is -0.910. The van der Waals surface area contributed by atoms with Crippen molar-refractivity contribution in [2.24, 2.45) is 7.05 Å². The average molecular weight is 249 g/mol. The molecule has 1 N–H and O–H groups in total. The van der Waals surface area contributed by atoms with Crippen molar-refractivity contribution < 1.29 is 14.6 Å². The molecule has 0 aliphatic carbocycles. The van der Waals surface area contributed by atoms with E-state index in [1.54, 1.807) is 7.05 Å². The van der Waals surface area contributed by atoms with E-state index in [1.165, 1.54) is 11.8 Å². The van der Waals surface area contributed by atoms with Crippen LogP contribution >= 0.6 is 15.9 Å². The monoisotopic (exact) mass is 248 g/mol. The minimum absolute atomic E-state index is 0.0996. The fourth-order valence-electron chi connectivity index (χ4n) is 0.988. The summed E-state index contributed by atoms with van der Waals surface area (Å²) in [6, 6.07) is 0. The van der Waals surface area contributed by atoms with Crippen LogP contribution in [0.25, 0.3) is 0 Å². The van der Waals surface area contributed by atoms with E-state index in [0.29, 0.717) is 16.0 Å². The Kier molecular flexibility index (Phi) is 2.92. The highest BCUT2D eigenvalue weighted by molar-refractivity contribution is 9.10. The molecule has 1 aromatic heterocycles. The van der Waals surface area contributed by atoms with Gasteiger partial charge in [0, 0.05) is 7.05 Å². The number of aryl methyl sites for hydroxylation is 1. The fraction of sp³-hybridized carbons (Fsp3) is 0.429. The van der Waals surface area contributed by atoms with E-state index >= 15 is 0 Å². The van der Waals surface area contributed by atoms with Gasteiger partial charge in [0.2, 0.25) is 5.88 Å². The number of nitrogens with zero attached hydrogens (tertiary/aromatic N) is 2. The molecule has 0 fully saturated rings. The zero-order chi connectivity index (χ0) is 10.0. The van der Waals surface area contributed by atoms with E-state index in [2.05, 4.69) is 21.0 Å². The predicted octanol–water partition coefficient (Wildman–Crippen LogP) is 0.818. The molecule has 0 aliphatic heterocycles. The van der Waals surface area contributed by atoms with Crippen LogP contribution in [-0.4, -0.2) is 28.0 Å². The zero-order valence-corrected chi connectivity index (χ0v) is 8.83. The Balaban J connectivity index is 3.08. The number of rotatable bonds is 3. The number of carboxylic acid groups (broad SMARTS) is 1. The molecule has 72 valence electrons. The van der Waals surface area contributed by atoms with Gasteiger partial charge in [-0.2, -0.15) is 0 Å². The normalized spacial score (nSPS) is 10.1. The van der Waals surface area contributed by atoms with Crippen LogP contribution in [0.15, 0.2) is 4.60 Å². The molecule has 0 radical (unpaired) electrons. The number of aromatic nitrogens is 2. The third-order valence-electron chi connectivity index (χ3n) is 1.55. The number of carbonyl (C=O) groups is 1. The number of methoxy groups -OCH3 is 1. The highest BCUT2D eigenvalue weighted by Gasteiger charge is 2.17. The van der Waals surface area contributed by atoms with Gasteiger partial charge in [0.15, 0.2) is 0 Å². The fourth-order valence-corrected chi connectivity index (χ4v) is 1.38. The first-order chi connectivity index (χ1) is 6.06. The van der Waals surface area contributed by atoms with Crippen LogP contribution in [0.4, 0.5) is 0 Å². The summed E-state index contributed by atoms with van der Waals surface area (Å²) in [5, 5.41) is 12.6. The molecule has 13 heavy (non-hydrogen) atoms. The largest absolute Gasteiger partial charge is 0.481 e. The number of aliphatic carboxylic acids is 1. The summed E-state index contributed by atoms with van der Waals surface area (Å²) in [5.41, 5.74) is 0.553. The molecular weight excluding hydrogens is 240 g/mol. The highest BCUT2D eigenvalue weighted by Crippen LogP contribution is 2.25. The van der Waals surface area contributed by atoms with Gasteiger partial charge in [0.05, 0.1) is 19.1 Å². The SMILES string of the molecule is COc1nn(C)c(Br)c1CC(=O)O. The van der Waals surface area contributed by atoms with E-state index in [4.69, 9.17) is 9.84 Å². The topological polar surface area (TPSA) is 64.4 Å². The lowest BCUT2D eigenvalue weighted by molar-refractivity contribution is -0.136. The summed E-state index contributed by atoms with van der Waals surface area (Å²) in [5.74, 6) is -0.566. The van der Waals surface area contributed by atoms with Crippen LogP contribution in [-0.2, 0) is 18.3 Å². The van der Waals surface area contributed by atoms with E-state index in [1.807, 2.05) is 0 Å². The smallest absolute Gasteiger partial charge is 0.308 e. The first-order valence-electron chi connectivity index (χ1n) is 3.53. The zero-order valence-electron chi connectivity index (χ0n) is 7.24. The Morgan fingerprint density at radius 2 is 2.38 bits per heavy atom. The van der Waals surface area contributed by atoms with Crippen LogP contribution in [0.1, 0.15) is 5.56 Å². The van der Waals surface area contributed by atoms with Crippen molar-refractivity contribution in [3.8, 4) is 5.88 Å². The van der Waals surface area contributed by atoms with Gasteiger partial charge in [-0.1, -0.05) is 0 Å². The molecule has 1 aromatic rings. The molecule has 6 heteroatoms. The van der Waals surface area contributed by atoms with Crippen molar-refractivity contribution in [1.82, 2.24) is 9.78 Å². The number of hydrogen-bond donors (Lipinski definition) is 1. The van der Waals surface area contributed by atoms with E-state index in [0.717, 1.165) is 0 Å². The molecule has 0 spiro atoms. The Labute approximate surface area is 83.4 Å². The number of halogens is 1. The summed E-state index contributed by atoms with van der Waals surface area (Å²) in [4.78, 5) is 10.5. The van der Waals surface area contributed by atoms with Crippen molar-refractivity contribution in [3.05, 3.63) is 10.2 Å². The second kappa shape index (κ2) is 3.78. The Morgan fingerprint density at radius 1 is 1.77 bits per heavy atom. The number of carboxylic acids is 1. The van der Waals surface area contributed by atoms with Gasteiger partial charge >= 0.3 is 5.97 Å². The second-order valence-corrected chi connectivity index (χ2v) is 3.22. The van der Waals surface area contributed by atoms with Gasteiger partial charge < -0.3 is 9.84 Å². The van der Waals surface area contributed by atoms with Crippen molar-refractivity contribution in [2.45, 2.75) is 6.42 Å².